The molecule has 2 aromatic rings. The molecule has 8 nitrogen and oxygen atoms in total. The third-order valence-electron chi connectivity index (χ3n) is 4.03. The van der Waals surface area contributed by atoms with Crippen molar-refractivity contribution in [3.63, 3.8) is 0 Å². The molecule has 0 bridgehead atoms. The van der Waals surface area contributed by atoms with E-state index in [0.29, 0.717) is 25.0 Å². The molecule has 0 amide bonds. The van der Waals surface area contributed by atoms with Gasteiger partial charge in [0, 0.05) is 19.3 Å². The summed E-state index contributed by atoms with van der Waals surface area (Å²) in [6.45, 7) is 2.33. The normalized spacial score (nSPS) is 16.5. The van der Waals surface area contributed by atoms with E-state index in [9.17, 15) is 10.1 Å². The molecule has 0 atom stereocenters. The van der Waals surface area contributed by atoms with Crippen molar-refractivity contribution in [1.82, 2.24) is 20.1 Å². The summed E-state index contributed by atoms with van der Waals surface area (Å²) >= 11 is 5.82. The molecule has 1 N–H and O–H groups in total. The number of rotatable bonds is 6. The maximum atomic E-state index is 10.8. The third-order valence-corrected chi connectivity index (χ3v) is 4.25. The zero-order valence-corrected chi connectivity index (χ0v) is 14.8. The van der Waals surface area contributed by atoms with Gasteiger partial charge in [0.2, 0.25) is 0 Å². The molecule has 9 heteroatoms. The van der Waals surface area contributed by atoms with Crippen LogP contribution in [-0.4, -0.2) is 45.7 Å². The lowest BCUT2D eigenvalue weighted by Crippen LogP contribution is -2.57. The van der Waals surface area contributed by atoms with Gasteiger partial charge in [-0.1, -0.05) is 48.0 Å². The average molecular weight is 375 g/mol. The standard InChI is InChI=1S/C17H19ClN6O2/c18-16-7-6-15(10-19-16)11-23-13-22(12-20-17(23)21-24(25)26)9-8-14-4-2-1-3-5-14/h1-7,10H,8-9,11-13H2,(H,20,21). The number of halogens is 1. The Hall–Kier alpha value is -2.71. The second-order valence-electron chi connectivity index (χ2n) is 5.95. The van der Waals surface area contributed by atoms with E-state index in [0.717, 1.165) is 18.5 Å². The first kappa shape index (κ1) is 18.1. The van der Waals surface area contributed by atoms with Gasteiger partial charge in [-0.3, -0.25) is 4.90 Å². The summed E-state index contributed by atoms with van der Waals surface area (Å²) in [6, 6.07) is 13.8. The number of nitrogens with zero attached hydrogens (tertiary/aromatic N) is 5. The van der Waals surface area contributed by atoms with Gasteiger partial charge in [0.15, 0.2) is 5.03 Å². The smallest absolute Gasteiger partial charge is 0.273 e. The summed E-state index contributed by atoms with van der Waals surface area (Å²) in [5.74, 6) is 0.251. The number of aromatic nitrogens is 1. The molecule has 2 heterocycles. The highest BCUT2D eigenvalue weighted by molar-refractivity contribution is 6.29. The summed E-state index contributed by atoms with van der Waals surface area (Å²) < 4.78 is 0. The van der Waals surface area contributed by atoms with Gasteiger partial charge in [-0.25, -0.2) is 15.1 Å². The topological polar surface area (TPSA) is 86.9 Å². The Bertz CT molecular complexity index is 769. The van der Waals surface area contributed by atoms with Crippen molar-refractivity contribution in [3.05, 3.63) is 75.1 Å². The second kappa shape index (κ2) is 8.59. The maximum Gasteiger partial charge on any atom is 0.273 e. The van der Waals surface area contributed by atoms with E-state index in [2.05, 4.69) is 32.4 Å². The lowest BCUT2D eigenvalue weighted by Gasteiger charge is -2.37. The second-order valence-corrected chi connectivity index (χ2v) is 6.34. The largest absolute Gasteiger partial charge is 0.338 e. The monoisotopic (exact) mass is 374 g/mol. The van der Waals surface area contributed by atoms with Crippen LogP contribution in [0, 0.1) is 10.1 Å². The molecule has 1 saturated heterocycles. The van der Waals surface area contributed by atoms with Gasteiger partial charge in [-0.05, 0) is 23.6 Å². The fourth-order valence-corrected chi connectivity index (χ4v) is 2.87. The number of nitro groups is 1. The number of guanidine groups is 1. The number of hydrogen-bond donors (Lipinski definition) is 1. The van der Waals surface area contributed by atoms with Crippen LogP contribution in [0.2, 0.25) is 5.15 Å². The van der Waals surface area contributed by atoms with E-state index < -0.39 is 5.03 Å². The molecule has 0 spiro atoms. The van der Waals surface area contributed by atoms with Crippen molar-refractivity contribution in [2.45, 2.75) is 13.0 Å². The lowest BCUT2D eigenvalue weighted by molar-refractivity contribution is -0.486. The predicted octanol–water partition coefficient (Wildman–Crippen LogP) is 2.15. The van der Waals surface area contributed by atoms with Crippen molar-refractivity contribution in [2.24, 2.45) is 5.10 Å². The highest BCUT2D eigenvalue weighted by Crippen LogP contribution is 2.12. The molecular weight excluding hydrogens is 356 g/mol. The summed E-state index contributed by atoms with van der Waals surface area (Å²) in [7, 11) is 0. The van der Waals surface area contributed by atoms with Gasteiger partial charge < -0.3 is 10.2 Å². The molecule has 0 unspecified atom stereocenters. The fraction of sp³-hybridized carbons (Fsp3) is 0.294. The summed E-state index contributed by atoms with van der Waals surface area (Å²) in [4.78, 5) is 18.9. The molecule has 0 saturated carbocycles. The zero-order valence-electron chi connectivity index (χ0n) is 14.1. The van der Waals surface area contributed by atoms with Gasteiger partial charge in [0.1, 0.15) is 10.3 Å². The molecule has 1 aromatic carbocycles. The van der Waals surface area contributed by atoms with Gasteiger partial charge in [0.05, 0.1) is 13.3 Å². The van der Waals surface area contributed by atoms with E-state index in [-0.39, 0.29) is 5.96 Å². The molecule has 1 fully saturated rings. The van der Waals surface area contributed by atoms with Crippen LogP contribution in [0.25, 0.3) is 0 Å². The fourth-order valence-electron chi connectivity index (χ4n) is 2.76. The Labute approximate surface area is 156 Å². The first-order valence-electron chi connectivity index (χ1n) is 8.18. The van der Waals surface area contributed by atoms with Crippen molar-refractivity contribution in [3.8, 4) is 0 Å². The zero-order chi connectivity index (χ0) is 18.4. The van der Waals surface area contributed by atoms with Crippen molar-refractivity contribution < 1.29 is 5.03 Å². The molecule has 1 aliphatic rings. The molecule has 0 aliphatic carbocycles. The van der Waals surface area contributed by atoms with Crippen LogP contribution < -0.4 is 5.32 Å². The van der Waals surface area contributed by atoms with Crippen LogP contribution in [0.5, 0.6) is 0 Å². The minimum atomic E-state index is -0.685. The number of hydrogen-bond acceptors (Lipinski definition) is 4. The molecule has 26 heavy (non-hydrogen) atoms. The lowest BCUT2D eigenvalue weighted by atomic mass is 10.1. The van der Waals surface area contributed by atoms with Gasteiger partial charge >= 0.3 is 0 Å². The Morgan fingerprint density at radius 2 is 2.04 bits per heavy atom. The predicted molar refractivity (Wildman–Crippen MR) is 98.9 cm³/mol. The number of benzene rings is 1. The minimum Gasteiger partial charge on any atom is -0.338 e. The van der Waals surface area contributed by atoms with Crippen LogP contribution in [0.3, 0.4) is 0 Å². The van der Waals surface area contributed by atoms with Gasteiger partial charge in [-0.15, -0.1) is 0 Å². The van der Waals surface area contributed by atoms with Crippen molar-refractivity contribution in [1.29, 1.82) is 0 Å². The summed E-state index contributed by atoms with van der Waals surface area (Å²) in [5, 5.41) is 17.0. The van der Waals surface area contributed by atoms with Crippen LogP contribution in [0.15, 0.2) is 53.8 Å². The maximum absolute atomic E-state index is 10.8. The number of pyridine rings is 1. The van der Waals surface area contributed by atoms with E-state index in [1.54, 1.807) is 12.3 Å². The molecule has 1 aromatic heterocycles. The Kier molecular flexibility index (Phi) is 5.98. The van der Waals surface area contributed by atoms with Crippen LogP contribution in [0.4, 0.5) is 0 Å². The Balaban J connectivity index is 1.66. The highest BCUT2D eigenvalue weighted by atomic mass is 35.5. The molecule has 3 rings (SSSR count). The summed E-state index contributed by atoms with van der Waals surface area (Å²) in [5.41, 5.74) is 2.16. The molecular formula is C17H19ClN6O2. The molecule has 136 valence electrons. The third kappa shape index (κ3) is 5.14. The SMILES string of the molecule is O=[N+]([O-])/N=C1\NCN(CCc2ccccc2)CN1Cc1ccc(Cl)nc1. The van der Waals surface area contributed by atoms with Gasteiger partial charge in [-0.2, -0.15) is 0 Å². The van der Waals surface area contributed by atoms with Crippen LogP contribution >= 0.6 is 11.6 Å². The molecule has 0 radical (unpaired) electrons. The van der Waals surface area contributed by atoms with E-state index in [4.69, 9.17) is 11.6 Å². The number of nitrogens with one attached hydrogen (secondary N) is 1. The van der Waals surface area contributed by atoms with E-state index in [1.807, 2.05) is 29.2 Å². The Morgan fingerprint density at radius 3 is 2.73 bits per heavy atom. The quantitative estimate of drug-likeness (QED) is 0.473. The van der Waals surface area contributed by atoms with Crippen molar-refractivity contribution >= 4 is 17.6 Å². The van der Waals surface area contributed by atoms with Crippen LogP contribution in [0.1, 0.15) is 11.1 Å². The minimum absolute atomic E-state index is 0.251. The number of hydrazone groups is 1. The first-order valence-corrected chi connectivity index (χ1v) is 8.56. The van der Waals surface area contributed by atoms with Crippen molar-refractivity contribution in [2.75, 3.05) is 19.9 Å². The van der Waals surface area contributed by atoms with E-state index in [1.165, 1.54) is 5.56 Å². The first-order chi connectivity index (χ1) is 12.6. The summed E-state index contributed by atoms with van der Waals surface area (Å²) in [6.07, 6.45) is 2.57. The Morgan fingerprint density at radius 1 is 1.23 bits per heavy atom. The van der Waals surface area contributed by atoms with Gasteiger partial charge in [0.25, 0.3) is 5.96 Å². The highest BCUT2D eigenvalue weighted by Gasteiger charge is 2.24. The van der Waals surface area contributed by atoms with Crippen LogP contribution in [-0.2, 0) is 13.0 Å². The van der Waals surface area contributed by atoms with E-state index >= 15 is 0 Å². The average Bonchev–Trinajstić information content (AvgIpc) is 2.64. The molecule has 1 aliphatic heterocycles.